The van der Waals surface area contributed by atoms with Gasteiger partial charge in [-0.05, 0) is 96.0 Å². The molecule has 2 fully saturated rings. The van der Waals surface area contributed by atoms with Gasteiger partial charge in [0, 0.05) is 36.7 Å². The number of nitrogens with one attached hydrogen (secondary N) is 2. The van der Waals surface area contributed by atoms with Crippen LogP contribution in [0.25, 0.3) is 11.3 Å². The van der Waals surface area contributed by atoms with Crippen molar-refractivity contribution in [3.8, 4) is 11.3 Å². The first-order valence-electron chi connectivity index (χ1n) is 14.2. The van der Waals surface area contributed by atoms with Crippen molar-refractivity contribution in [3.05, 3.63) is 41.1 Å². The fourth-order valence-corrected chi connectivity index (χ4v) is 6.90. The van der Waals surface area contributed by atoms with E-state index in [1.54, 1.807) is 32.9 Å². The highest BCUT2D eigenvalue weighted by Gasteiger charge is 2.39. The highest BCUT2D eigenvalue weighted by Crippen LogP contribution is 2.39. The van der Waals surface area contributed by atoms with Gasteiger partial charge in [0.15, 0.2) is 4.90 Å². The van der Waals surface area contributed by atoms with Crippen LogP contribution in [0.4, 0.5) is 13.2 Å². The van der Waals surface area contributed by atoms with Crippen molar-refractivity contribution in [2.45, 2.75) is 108 Å². The molecular formula is C30H42F3N3O3S. The summed E-state index contributed by atoms with van der Waals surface area (Å²) in [5, 5.41) is 3.17. The molecule has 1 saturated carbocycles. The maximum Gasteiger partial charge on any atom is 0.421 e. The summed E-state index contributed by atoms with van der Waals surface area (Å²) in [6.07, 6.45) is 2.27. The molecule has 1 atom stereocenters. The Morgan fingerprint density at radius 1 is 1.12 bits per heavy atom. The second kappa shape index (κ2) is 12.1. The summed E-state index contributed by atoms with van der Waals surface area (Å²) in [7, 11) is 0. The Kier molecular flexibility index (Phi) is 9.34. The van der Waals surface area contributed by atoms with Crippen LogP contribution >= 0.6 is 0 Å². The summed E-state index contributed by atoms with van der Waals surface area (Å²) < 4.78 is 66.0. The van der Waals surface area contributed by atoms with Crippen molar-refractivity contribution in [2.75, 3.05) is 13.2 Å². The van der Waals surface area contributed by atoms with Gasteiger partial charge in [0.25, 0.3) is 5.91 Å². The summed E-state index contributed by atoms with van der Waals surface area (Å²) >= 11 is -2.05. The molecule has 0 bridgehead atoms. The third kappa shape index (κ3) is 7.43. The number of alkyl halides is 3. The molecule has 1 aliphatic carbocycles. The van der Waals surface area contributed by atoms with Crippen molar-refractivity contribution in [2.24, 2.45) is 5.92 Å². The van der Waals surface area contributed by atoms with Crippen LogP contribution in [0.5, 0.6) is 0 Å². The van der Waals surface area contributed by atoms with Crippen LogP contribution in [0, 0.1) is 12.8 Å². The van der Waals surface area contributed by atoms with Gasteiger partial charge in [-0.3, -0.25) is 4.79 Å². The molecule has 40 heavy (non-hydrogen) atoms. The number of carbonyl (C=O) groups excluding carboxylic acids is 1. The first kappa shape index (κ1) is 30.9. The smallest absolute Gasteiger partial charge is 0.421 e. The van der Waals surface area contributed by atoms with Gasteiger partial charge in [-0.15, -0.1) is 4.72 Å². The minimum Gasteiger partial charge on any atom is -0.593 e. The zero-order valence-electron chi connectivity index (χ0n) is 24.2. The molecule has 222 valence electrons. The van der Waals surface area contributed by atoms with E-state index in [1.807, 2.05) is 18.4 Å². The highest BCUT2D eigenvalue weighted by molar-refractivity contribution is 7.89. The molecule has 2 aromatic rings. The van der Waals surface area contributed by atoms with E-state index in [9.17, 15) is 22.5 Å². The van der Waals surface area contributed by atoms with Crippen molar-refractivity contribution >= 4 is 17.3 Å². The van der Waals surface area contributed by atoms with E-state index in [-0.39, 0.29) is 10.8 Å². The lowest BCUT2D eigenvalue weighted by Gasteiger charge is -2.34. The summed E-state index contributed by atoms with van der Waals surface area (Å²) in [4.78, 5) is 13.2. The van der Waals surface area contributed by atoms with Gasteiger partial charge in [0.1, 0.15) is 5.56 Å². The lowest BCUT2D eigenvalue weighted by Crippen LogP contribution is -2.49. The van der Waals surface area contributed by atoms with Crippen LogP contribution in [0.3, 0.4) is 0 Å². The predicted octanol–water partition coefficient (Wildman–Crippen LogP) is 6.77. The molecule has 1 unspecified atom stereocenters. The molecule has 2 aliphatic rings. The Bertz CT molecular complexity index is 1190. The summed E-state index contributed by atoms with van der Waals surface area (Å²) in [5.41, 5.74) is 0.142. The third-order valence-corrected chi connectivity index (χ3v) is 9.52. The molecule has 0 radical (unpaired) electrons. The largest absolute Gasteiger partial charge is 0.593 e. The number of rotatable bonds is 7. The number of benzene rings is 1. The van der Waals surface area contributed by atoms with E-state index in [0.29, 0.717) is 55.3 Å². The number of ether oxygens (including phenoxy) is 1. The average Bonchev–Trinajstić information content (AvgIpc) is 3.19. The van der Waals surface area contributed by atoms with Gasteiger partial charge >= 0.3 is 6.18 Å². The molecule has 6 nitrogen and oxygen atoms in total. The number of aromatic nitrogens is 1. The van der Waals surface area contributed by atoms with Gasteiger partial charge in [-0.25, -0.2) is 0 Å². The second-order valence-corrected chi connectivity index (χ2v) is 13.8. The van der Waals surface area contributed by atoms with Gasteiger partial charge in [-0.2, -0.15) is 13.2 Å². The summed E-state index contributed by atoms with van der Waals surface area (Å²) in [5.74, 6) is 0.168. The van der Waals surface area contributed by atoms with E-state index in [1.165, 1.54) is 12.5 Å². The molecule has 2 N–H and O–H groups in total. The van der Waals surface area contributed by atoms with E-state index in [4.69, 9.17) is 4.74 Å². The molecule has 2 heterocycles. The van der Waals surface area contributed by atoms with Crippen molar-refractivity contribution in [1.29, 1.82) is 0 Å². The molecule has 1 amide bonds. The number of carbonyl (C=O) groups is 1. The number of hydrogen-bond acceptors (Lipinski definition) is 4. The van der Waals surface area contributed by atoms with Crippen molar-refractivity contribution in [1.82, 2.24) is 14.6 Å². The SMILES string of the molecule is Cc1c(C(=O)NC2(C)CCOCC2)cc(-c2ccc([S+]([O-])NC(C)(C)C)c(C(F)(F)F)c2)n1CC1CCCCC1. The van der Waals surface area contributed by atoms with E-state index in [2.05, 4.69) is 10.0 Å². The fourth-order valence-electron chi connectivity index (χ4n) is 5.67. The quantitative estimate of drug-likeness (QED) is 0.354. The fraction of sp³-hybridized carbons (Fsp3) is 0.633. The van der Waals surface area contributed by atoms with Crippen LogP contribution in [-0.2, 0) is 28.8 Å². The highest BCUT2D eigenvalue weighted by atomic mass is 32.2. The Balaban J connectivity index is 1.76. The van der Waals surface area contributed by atoms with Gasteiger partial charge in [0.05, 0.1) is 22.5 Å². The van der Waals surface area contributed by atoms with Crippen molar-refractivity contribution < 1.29 is 27.3 Å². The molecule has 10 heteroatoms. The number of amides is 1. The molecule has 4 rings (SSSR count). The molecule has 1 aromatic carbocycles. The Morgan fingerprint density at radius 3 is 2.38 bits per heavy atom. The Hall–Kier alpha value is -2.01. The third-order valence-electron chi connectivity index (χ3n) is 7.97. The standard InChI is InChI=1S/C30H42F3N3O3S/c1-20-23(27(37)34-29(5)13-15-39-16-14-29)18-25(36(20)19-21-9-7-6-8-10-21)22-11-12-26(24(17-22)30(31,32)33)40(38)35-28(2,3)4/h11-12,17-18,21,35H,6-10,13-16,19H2,1-5H3,(H,34,37). The number of halogens is 3. The Morgan fingerprint density at radius 2 is 1.77 bits per heavy atom. The average molecular weight is 582 g/mol. The normalized spacial score (nSPS) is 19.4. The zero-order chi connectivity index (χ0) is 29.3. The summed E-state index contributed by atoms with van der Waals surface area (Å²) in [6, 6.07) is 5.67. The first-order valence-corrected chi connectivity index (χ1v) is 15.3. The molecule has 1 aromatic heterocycles. The lowest BCUT2D eigenvalue weighted by molar-refractivity contribution is -0.139. The van der Waals surface area contributed by atoms with Crippen LogP contribution in [0.15, 0.2) is 29.2 Å². The maximum atomic E-state index is 14.3. The monoisotopic (exact) mass is 581 g/mol. The second-order valence-electron chi connectivity index (χ2n) is 12.6. The van der Waals surface area contributed by atoms with E-state index < -0.39 is 34.2 Å². The number of nitrogens with zero attached hydrogens (tertiary/aromatic N) is 1. The minimum absolute atomic E-state index is 0.228. The van der Waals surface area contributed by atoms with Crippen LogP contribution < -0.4 is 10.0 Å². The van der Waals surface area contributed by atoms with Crippen molar-refractivity contribution in [3.63, 3.8) is 0 Å². The van der Waals surface area contributed by atoms with Gasteiger partial charge in [0.2, 0.25) is 0 Å². The van der Waals surface area contributed by atoms with E-state index in [0.717, 1.165) is 37.4 Å². The number of hydrogen-bond donors (Lipinski definition) is 2. The molecule has 0 spiro atoms. The molecular weight excluding hydrogens is 539 g/mol. The minimum atomic E-state index is -4.70. The van der Waals surface area contributed by atoms with Crippen LogP contribution in [0.1, 0.15) is 94.3 Å². The van der Waals surface area contributed by atoms with Crippen LogP contribution in [-0.4, -0.2) is 39.3 Å². The topological polar surface area (TPSA) is 78.3 Å². The van der Waals surface area contributed by atoms with Crippen LogP contribution in [0.2, 0.25) is 0 Å². The zero-order valence-corrected chi connectivity index (χ0v) is 25.0. The van der Waals surface area contributed by atoms with Gasteiger partial charge in [-0.1, -0.05) is 19.3 Å². The Labute approximate surface area is 238 Å². The summed E-state index contributed by atoms with van der Waals surface area (Å²) in [6.45, 7) is 10.9. The molecule has 1 saturated heterocycles. The predicted molar refractivity (Wildman–Crippen MR) is 151 cm³/mol. The molecule has 1 aliphatic heterocycles. The van der Waals surface area contributed by atoms with Gasteiger partial charge < -0.3 is 19.2 Å². The first-order chi connectivity index (χ1) is 18.7. The lowest BCUT2D eigenvalue weighted by atomic mass is 9.89. The van der Waals surface area contributed by atoms with E-state index >= 15 is 0 Å². The maximum absolute atomic E-state index is 14.3.